The third-order valence-electron chi connectivity index (χ3n) is 6.90. The predicted molar refractivity (Wildman–Crippen MR) is 149 cm³/mol. The number of nitrogens with zero attached hydrogens (tertiary/aromatic N) is 2. The number of rotatable bonds is 11. The molecule has 0 bridgehead atoms. The Morgan fingerprint density at radius 2 is 1.76 bits per heavy atom. The molecule has 0 spiro atoms. The van der Waals surface area contributed by atoms with E-state index in [0.717, 1.165) is 55.5 Å². The maximum atomic E-state index is 11.5. The Balaban J connectivity index is 1.75. The largest absolute Gasteiger partial charge is 0.488 e. The van der Waals surface area contributed by atoms with Gasteiger partial charge in [-0.2, -0.15) is 5.10 Å². The molecule has 1 aliphatic heterocycles. The van der Waals surface area contributed by atoms with Gasteiger partial charge in [-0.25, -0.2) is 0 Å². The Bertz CT molecular complexity index is 1110. The van der Waals surface area contributed by atoms with E-state index in [1.807, 2.05) is 19.1 Å². The van der Waals surface area contributed by atoms with Gasteiger partial charge in [0, 0.05) is 17.5 Å². The van der Waals surface area contributed by atoms with Crippen LogP contribution in [0, 0.1) is 11.8 Å². The fraction of sp³-hybridized carbons (Fsp3) is 0.594. The predicted octanol–water partition coefficient (Wildman–Crippen LogP) is 7.11. The van der Waals surface area contributed by atoms with Gasteiger partial charge in [-0.15, -0.1) is 5.10 Å². The summed E-state index contributed by atoms with van der Waals surface area (Å²) in [4.78, 5) is 11.5. The number of aromatic nitrogens is 2. The number of hydrogen-bond donors (Lipinski definition) is 0. The first-order valence-electron chi connectivity index (χ1n) is 14.0. The van der Waals surface area contributed by atoms with E-state index in [9.17, 15) is 4.79 Å². The highest BCUT2D eigenvalue weighted by Gasteiger charge is 2.39. The molecule has 0 aliphatic carbocycles. The van der Waals surface area contributed by atoms with Crippen molar-refractivity contribution in [1.29, 1.82) is 0 Å². The standard InChI is InChI=1S/C32H44N2O3/c1-7-9-10-11-14-24-22-29-28(31(3,4)23-32(5,6)37-29)21-25(24)17-18-27-20-19-26(33-34-27)15-12-13-16-30(35)36-8-2/h19-22H,7-16,23H2,1-6H3. The molecule has 1 aromatic heterocycles. The van der Waals surface area contributed by atoms with Crippen LogP contribution in [0.25, 0.3) is 0 Å². The lowest BCUT2D eigenvalue weighted by atomic mass is 9.73. The number of unbranched alkanes of at least 4 members (excludes halogenated alkanes) is 4. The van der Waals surface area contributed by atoms with Crippen molar-refractivity contribution in [2.24, 2.45) is 0 Å². The Labute approximate surface area is 223 Å². The first-order chi connectivity index (χ1) is 17.6. The van der Waals surface area contributed by atoms with Crippen LogP contribution in [0.1, 0.15) is 121 Å². The van der Waals surface area contributed by atoms with Crippen LogP contribution in [0.3, 0.4) is 0 Å². The molecule has 0 saturated heterocycles. The minimum atomic E-state index is -0.181. The Morgan fingerprint density at radius 3 is 2.46 bits per heavy atom. The molecule has 200 valence electrons. The fourth-order valence-electron chi connectivity index (χ4n) is 5.29. The van der Waals surface area contributed by atoms with Crippen molar-refractivity contribution in [3.8, 4) is 17.6 Å². The molecule has 3 rings (SSSR count). The van der Waals surface area contributed by atoms with Gasteiger partial charge in [0.15, 0.2) is 0 Å². The maximum Gasteiger partial charge on any atom is 0.305 e. The number of carbonyl (C=O) groups is 1. The zero-order chi connectivity index (χ0) is 26.9. The van der Waals surface area contributed by atoms with Gasteiger partial charge in [-0.3, -0.25) is 4.79 Å². The summed E-state index contributed by atoms with van der Waals surface area (Å²) in [6.45, 7) is 13.4. The molecule has 37 heavy (non-hydrogen) atoms. The zero-order valence-electron chi connectivity index (χ0n) is 23.7. The van der Waals surface area contributed by atoms with Crippen LogP contribution in [-0.4, -0.2) is 28.4 Å². The normalized spacial score (nSPS) is 15.2. The highest BCUT2D eigenvalue weighted by atomic mass is 16.5. The second-order valence-electron chi connectivity index (χ2n) is 11.4. The molecule has 0 saturated carbocycles. The monoisotopic (exact) mass is 504 g/mol. The van der Waals surface area contributed by atoms with E-state index in [0.29, 0.717) is 18.7 Å². The van der Waals surface area contributed by atoms with Gasteiger partial charge < -0.3 is 9.47 Å². The van der Waals surface area contributed by atoms with Crippen molar-refractivity contribution in [2.45, 2.75) is 117 Å². The summed E-state index contributed by atoms with van der Waals surface area (Å²) >= 11 is 0. The van der Waals surface area contributed by atoms with Crippen LogP contribution < -0.4 is 4.74 Å². The topological polar surface area (TPSA) is 61.3 Å². The fourth-order valence-corrected chi connectivity index (χ4v) is 5.29. The third-order valence-corrected chi connectivity index (χ3v) is 6.90. The molecule has 1 aromatic carbocycles. The Morgan fingerprint density at radius 1 is 0.973 bits per heavy atom. The molecule has 2 aromatic rings. The van der Waals surface area contributed by atoms with E-state index in [2.05, 4.69) is 68.8 Å². The van der Waals surface area contributed by atoms with Crippen LogP contribution >= 0.6 is 0 Å². The van der Waals surface area contributed by atoms with Gasteiger partial charge >= 0.3 is 5.97 Å². The molecule has 0 radical (unpaired) electrons. The summed E-state index contributed by atoms with van der Waals surface area (Å²) in [7, 11) is 0. The van der Waals surface area contributed by atoms with E-state index >= 15 is 0 Å². The van der Waals surface area contributed by atoms with E-state index < -0.39 is 0 Å². The molecular formula is C32H44N2O3. The third kappa shape index (κ3) is 8.59. The van der Waals surface area contributed by atoms with Gasteiger partial charge in [0.25, 0.3) is 0 Å². The molecule has 0 unspecified atom stereocenters. The van der Waals surface area contributed by atoms with Crippen molar-refractivity contribution < 1.29 is 14.3 Å². The average molecular weight is 505 g/mol. The van der Waals surface area contributed by atoms with Crippen LogP contribution in [0.4, 0.5) is 0 Å². The summed E-state index contributed by atoms with van der Waals surface area (Å²) in [5.74, 6) is 7.54. The van der Waals surface area contributed by atoms with Crippen LogP contribution in [0.2, 0.25) is 0 Å². The van der Waals surface area contributed by atoms with E-state index in [-0.39, 0.29) is 17.0 Å². The lowest BCUT2D eigenvalue weighted by Crippen LogP contribution is -2.41. The number of ether oxygens (including phenoxy) is 2. The first kappa shape index (κ1) is 28.7. The van der Waals surface area contributed by atoms with E-state index in [1.165, 1.54) is 30.4 Å². The van der Waals surface area contributed by atoms with Crippen molar-refractivity contribution >= 4 is 5.97 Å². The number of benzene rings is 1. The van der Waals surface area contributed by atoms with E-state index in [1.54, 1.807) is 0 Å². The number of fused-ring (bicyclic) bond motifs is 1. The molecule has 2 heterocycles. The van der Waals surface area contributed by atoms with Gasteiger partial charge in [-0.05, 0) is 100 Å². The molecule has 0 amide bonds. The minimum Gasteiger partial charge on any atom is -0.488 e. The Hall–Kier alpha value is -2.87. The van der Waals surface area contributed by atoms with Gasteiger partial charge in [-0.1, -0.05) is 46.0 Å². The van der Waals surface area contributed by atoms with Gasteiger partial charge in [0.05, 0.1) is 12.3 Å². The molecular weight excluding hydrogens is 460 g/mol. The van der Waals surface area contributed by atoms with Crippen molar-refractivity contribution in [3.05, 3.63) is 52.3 Å². The maximum absolute atomic E-state index is 11.5. The summed E-state index contributed by atoms with van der Waals surface area (Å²) in [6, 6.07) is 8.41. The minimum absolute atomic E-state index is 0.0169. The second kappa shape index (κ2) is 13.1. The van der Waals surface area contributed by atoms with Crippen LogP contribution in [-0.2, 0) is 27.8 Å². The lowest BCUT2D eigenvalue weighted by Gasteiger charge is -2.42. The molecule has 0 fully saturated rings. The molecule has 0 atom stereocenters. The lowest BCUT2D eigenvalue weighted by molar-refractivity contribution is -0.143. The first-order valence-corrected chi connectivity index (χ1v) is 14.0. The summed E-state index contributed by atoms with van der Waals surface area (Å²) in [6.07, 6.45) is 9.73. The molecule has 0 N–H and O–H groups in total. The number of esters is 1. The van der Waals surface area contributed by atoms with Gasteiger partial charge in [0.2, 0.25) is 0 Å². The number of aryl methyl sites for hydroxylation is 2. The summed E-state index contributed by atoms with van der Waals surface area (Å²) in [5.41, 5.74) is 4.97. The molecule has 5 nitrogen and oxygen atoms in total. The summed E-state index contributed by atoms with van der Waals surface area (Å²) < 4.78 is 11.4. The highest BCUT2D eigenvalue weighted by molar-refractivity contribution is 5.69. The quantitative estimate of drug-likeness (QED) is 0.185. The van der Waals surface area contributed by atoms with Crippen LogP contribution in [0.5, 0.6) is 5.75 Å². The smallest absolute Gasteiger partial charge is 0.305 e. The SMILES string of the molecule is CCCCCCc1cc2c(cc1C#Cc1ccc(CCCCC(=O)OCC)nn1)C(C)(C)CC(C)(C)O2. The Kier molecular flexibility index (Phi) is 10.1. The molecule has 1 aliphatic rings. The van der Waals surface area contributed by atoms with Gasteiger partial charge in [0.1, 0.15) is 17.0 Å². The van der Waals surface area contributed by atoms with Crippen molar-refractivity contribution in [1.82, 2.24) is 10.2 Å². The number of hydrogen-bond acceptors (Lipinski definition) is 5. The van der Waals surface area contributed by atoms with E-state index in [4.69, 9.17) is 9.47 Å². The molecule has 5 heteroatoms. The second-order valence-corrected chi connectivity index (χ2v) is 11.4. The average Bonchev–Trinajstić information content (AvgIpc) is 2.83. The highest BCUT2D eigenvalue weighted by Crippen LogP contribution is 2.45. The summed E-state index contributed by atoms with van der Waals surface area (Å²) in [5, 5.41) is 8.71. The number of carbonyl (C=O) groups excluding carboxylic acids is 1. The van der Waals surface area contributed by atoms with Crippen molar-refractivity contribution in [3.63, 3.8) is 0 Å². The zero-order valence-corrected chi connectivity index (χ0v) is 23.7. The van der Waals surface area contributed by atoms with Crippen molar-refractivity contribution in [2.75, 3.05) is 6.61 Å². The van der Waals surface area contributed by atoms with Crippen LogP contribution in [0.15, 0.2) is 24.3 Å².